The number of carbonyl (C=O) groups excluding carboxylic acids is 1. The van der Waals surface area contributed by atoms with Crippen LogP contribution in [0.5, 0.6) is 0 Å². The van der Waals surface area contributed by atoms with Gasteiger partial charge in [-0.15, -0.1) is 11.3 Å². The summed E-state index contributed by atoms with van der Waals surface area (Å²) < 4.78 is 60.4. The zero-order valence-corrected chi connectivity index (χ0v) is 19.8. The van der Waals surface area contributed by atoms with E-state index in [9.17, 15) is 22.0 Å². The Balaban J connectivity index is 1.37. The van der Waals surface area contributed by atoms with Crippen molar-refractivity contribution in [3.05, 3.63) is 52.2 Å². The van der Waals surface area contributed by atoms with E-state index in [1.54, 1.807) is 16.2 Å². The van der Waals surface area contributed by atoms with E-state index in [2.05, 4.69) is 4.90 Å². The van der Waals surface area contributed by atoms with Crippen molar-refractivity contribution in [1.29, 1.82) is 0 Å². The summed E-state index contributed by atoms with van der Waals surface area (Å²) in [6, 6.07) is 6.98. The van der Waals surface area contributed by atoms with Gasteiger partial charge in [0.05, 0.1) is 12.6 Å². The number of nitrogens with zero attached hydrogens (tertiary/aromatic N) is 3. The Morgan fingerprint density at radius 1 is 1.12 bits per heavy atom. The third-order valence-corrected chi connectivity index (χ3v) is 8.72. The van der Waals surface area contributed by atoms with E-state index in [0.717, 1.165) is 46.8 Å². The second kappa shape index (κ2) is 10.6. The summed E-state index contributed by atoms with van der Waals surface area (Å²) in [6.07, 6.45) is 2.10. The van der Waals surface area contributed by atoms with E-state index in [0.29, 0.717) is 13.1 Å². The van der Waals surface area contributed by atoms with Crippen molar-refractivity contribution in [3.63, 3.8) is 0 Å². The van der Waals surface area contributed by atoms with Crippen molar-refractivity contribution in [2.24, 2.45) is 0 Å². The average Bonchev–Trinajstić information content (AvgIpc) is 3.48. The molecule has 0 radical (unpaired) electrons. The molecule has 7 nitrogen and oxygen atoms in total. The zero-order chi connectivity index (χ0) is 23.4. The van der Waals surface area contributed by atoms with Crippen LogP contribution in [0, 0.1) is 11.6 Å². The minimum absolute atomic E-state index is 0.0154. The van der Waals surface area contributed by atoms with Gasteiger partial charge < -0.3 is 9.64 Å². The van der Waals surface area contributed by atoms with Gasteiger partial charge in [-0.25, -0.2) is 17.2 Å². The molecule has 2 aromatic rings. The number of rotatable bonds is 8. The van der Waals surface area contributed by atoms with Crippen LogP contribution in [0.4, 0.5) is 8.78 Å². The van der Waals surface area contributed by atoms with Crippen molar-refractivity contribution >= 4 is 27.3 Å². The van der Waals surface area contributed by atoms with Crippen LogP contribution in [0.25, 0.3) is 0 Å². The number of benzene rings is 1. The summed E-state index contributed by atoms with van der Waals surface area (Å²) in [7, 11) is -4.33. The number of sulfonamides is 1. The molecule has 4 rings (SSSR count). The molecule has 3 heterocycles. The highest BCUT2D eigenvalue weighted by atomic mass is 32.2. The third kappa shape index (κ3) is 5.78. The molecule has 2 aliphatic heterocycles. The molecule has 1 amide bonds. The van der Waals surface area contributed by atoms with Crippen molar-refractivity contribution in [3.8, 4) is 0 Å². The van der Waals surface area contributed by atoms with Crippen molar-refractivity contribution in [2.75, 3.05) is 45.9 Å². The molecule has 0 spiro atoms. The fourth-order valence-electron chi connectivity index (χ4n) is 4.21. The first-order valence-corrected chi connectivity index (χ1v) is 13.2. The van der Waals surface area contributed by atoms with Crippen molar-refractivity contribution in [1.82, 2.24) is 14.1 Å². The molecule has 0 bridgehead atoms. The fraction of sp³-hybridized carbons (Fsp3) is 0.500. The third-order valence-electron chi connectivity index (χ3n) is 5.91. The van der Waals surface area contributed by atoms with Gasteiger partial charge in [0.15, 0.2) is 4.90 Å². The Bertz CT molecular complexity index is 1030. The lowest BCUT2D eigenvalue weighted by molar-refractivity contribution is -0.134. The number of thiophene rings is 1. The van der Waals surface area contributed by atoms with E-state index in [4.69, 9.17) is 4.74 Å². The summed E-state index contributed by atoms with van der Waals surface area (Å²) in [5.74, 6) is -2.34. The predicted molar refractivity (Wildman–Crippen MR) is 120 cm³/mol. The number of halogens is 2. The maximum Gasteiger partial charge on any atom is 0.249 e. The molecule has 2 fully saturated rings. The van der Waals surface area contributed by atoms with E-state index >= 15 is 0 Å². The molecule has 11 heteroatoms. The SMILES string of the molecule is O=C(CN(Cc1cccs1)C[C@@H]1CCCO1)N1CCN(S(=O)(=O)c2c(F)cccc2F)CC1. The predicted octanol–water partition coefficient (Wildman–Crippen LogP) is 2.54. The lowest BCUT2D eigenvalue weighted by Gasteiger charge is -2.35. The molecule has 0 saturated carbocycles. The Morgan fingerprint density at radius 2 is 1.85 bits per heavy atom. The molecule has 0 unspecified atom stereocenters. The highest BCUT2D eigenvalue weighted by molar-refractivity contribution is 7.89. The molecule has 2 aliphatic rings. The Labute approximate surface area is 196 Å². The number of piperazine rings is 1. The monoisotopic (exact) mass is 499 g/mol. The van der Waals surface area contributed by atoms with Gasteiger partial charge in [0, 0.05) is 50.8 Å². The van der Waals surface area contributed by atoms with Crippen LogP contribution >= 0.6 is 11.3 Å². The average molecular weight is 500 g/mol. The molecule has 180 valence electrons. The Morgan fingerprint density at radius 3 is 2.45 bits per heavy atom. The van der Waals surface area contributed by atoms with Crippen LogP contribution in [0.15, 0.2) is 40.6 Å². The molecule has 0 aliphatic carbocycles. The lowest BCUT2D eigenvalue weighted by Crippen LogP contribution is -2.53. The van der Waals surface area contributed by atoms with Crippen LogP contribution in [0.3, 0.4) is 0 Å². The van der Waals surface area contributed by atoms with Gasteiger partial charge >= 0.3 is 0 Å². The summed E-state index contributed by atoms with van der Waals surface area (Å²) in [6.45, 7) is 2.55. The van der Waals surface area contributed by atoms with Gasteiger partial charge in [-0.3, -0.25) is 9.69 Å². The normalized spacial score (nSPS) is 20.0. The van der Waals surface area contributed by atoms with Gasteiger partial charge in [0.2, 0.25) is 15.9 Å². The van der Waals surface area contributed by atoms with Crippen LogP contribution < -0.4 is 0 Å². The van der Waals surface area contributed by atoms with Crippen LogP contribution in [-0.4, -0.2) is 80.4 Å². The second-order valence-corrected chi connectivity index (χ2v) is 11.1. The summed E-state index contributed by atoms with van der Waals surface area (Å²) >= 11 is 1.63. The van der Waals surface area contributed by atoms with E-state index in [-0.39, 0.29) is 44.7 Å². The highest BCUT2D eigenvalue weighted by Gasteiger charge is 2.34. The van der Waals surface area contributed by atoms with Gasteiger partial charge in [-0.1, -0.05) is 12.1 Å². The topological polar surface area (TPSA) is 70.2 Å². The number of amides is 1. The maximum atomic E-state index is 14.0. The molecular weight excluding hydrogens is 472 g/mol. The van der Waals surface area contributed by atoms with Crippen molar-refractivity contribution in [2.45, 2.75) is 30.4 Å². The number of hydrogen-bond acceptors (Lipinski definition) is 6. The second-order valence-electron chi connectivity index (χ2n) is 8.22. The van der Waals surface area contributed by atoms with E-state index < -0.39 is 26.6 Å². The fourth-order valence-corrected chi connectivity index (χ4v) is 6.49. The first-order valence-electron chi connectivity index (χ1n) is 10.9. The largest absolute Gasteiger partial charge is 0.377 e. The smallest absolute Gasteiger partial charge is 0.249 e. The minimum Gasteiger partial charge on any atom is -0.377 e. The highest BCUT2D eigenvalue weighted by Crippen LogP contribution is 2.24. The number of carbonyl (C=O) groups is 1. The molecule has 0 N–H and O–H groups in total. The van der Waals surface area contributed by atoms with Crippen LogP contribution in [0.1, 0.15) is 17.7 Å². The summed E-state index contributed by atoms with van der Waals surface area (Å²) in [5, 5.41) is 2.00. The first kappa shape index (κ1) is 24.2. The maximum absolute atomic E-state index is 14.0. The van der Waals surface area contributed by atoms with Gasteiger partial charge in [0.25, 0.3) is 0 Å². The molecular formula is C22H27F2N3O4S2. The van der Waals surface area contributed by atoms with Crippen molar-refractivity contribution < 1.29 is 26.7 Å². The van der Waals surface area contributed by atoms with Gasteiger partial charge in [0.1, 0.15) is 11.6 Å². The van der Waals surface area contributed by atoms with Gasteiger partial charge in [-0.05, 0) is 36.4 Å². The number of ether oxygens (including phenoxy) is 1. The van der Waals surface area contributed by atoms with Crippen LogP contribution in [0.2, 0.25) is 0 Å². The molecule has 33 heavy (non-hydrogen) atoms. The standard InChI is InChI=1S/C22H27F2N3O4S2/c23-19-6-1-7-20(24)22(19)33(29,30)27-10-8-26(9-11-27)21(28)16-25(14-17-4-2-12-31-17)15-18-5-3-13-32-18/h1,3,5-7,13,17H,2,4,8-12,14-16H2/t17-/m0/s1. The quantitative estimate of drug-likeness (QED) is 0.558. The molecule has 1 aromatic heterocycles. The van der Waals surface area contributed by atoms with Crippen LogP contribution in [-0.2, 0) is 26.1 Å². The summed E-state index contributed by atoms with van der Waals surface area (Å²) in [4.78, 5) is 16.9. The number of hydrogen-bond donors (Lipinski definition) is 0. The molecule has 1 aromatic carbocycles. The first-order chi connectivity index (χ1) is 15.8. The zero-order valence-electron chi connectivity index (χ0n) is 18.2. The summed E-state index contributed by atoms with van der Waals surface area (Å²) in [5.41, 5.74) is 0. The Kier molecular flexibility index (Phi) is 7.75. The molecule has 2 saturated heterocycles. The van der Waals surface area contributed by atoms with Gasteiger partial charge in [-0.2, -0.15) is 4.31 Å². The minimum atomic E-state index is -4.33. The molecule has 1 atom stereocenters. The lowest BCUT2D eigenvalue weighted by atomic mass is 10.2. The Hall–Kier alpha value is -1.92. The van der Waals surface area contributed by atoms with E-state index in [1.807, 2.05) is 17.5 Å². The van der Waals surface area contributed by atoms with E-state index in [1.165, 1.54) is 0 Å².